The summed E-state index contributed by atoms with van der Waals surface area (Å²) < 4.78 is 4.86. The average Bonchev–Trinajstić information content (AvgIpc) is 2.02. The number of aliphatic carboxylic acids is 1. The molecule has 0 rings (SSSR count). The average molecular weight is 172 g/mol. The van der Waals surface area contributed by atoms with Crippen LogP contribution in [0.1, 0.15) is 13.8 Å². The van der Waals surface area contributed by atoms with Gasteiger partial charge in [-0.1, -0.05) is 27.0 Å². The Kier molecular flexibility index (Phi) is 10.8. The number of rotatable bonds is 4. The van der Waals surface area contributed by atoms with Crippen LogP contribution in [0.25, 0.3) is 0 Å². The van der Waals surface area contributed by atoms with Gasteiger partial charge in [0.2, 0.25) is 0 Å². The highest BCUT2D eigenvalue weighted by atomic mass is 16.5. The van der Waals surface area contributed by atoms with Crippen molar-refractivity contribution in [1.82, 2.24) is 0 Å². The van der Waals surface area contributed by atoms with E-state index in [0.29, 0.717) is 5.92 Å². The maximum Gasteiger partial charge on any atom is 0.327 e. The van der Waals surface area contributed by atoms with Crippen molar-refractivity contribution in [2.75, 3.05) is 6.61 Å². The van der Waals surface area contributed by atoms with Crippen LogP contribution >= 0.6 is 0 Å². The number of carbonyl (C=O) groups is 1. The van der Waals surface area contributed by atoms with Crippen molar-refractivity contribution >= 4 is 5.97 Å². The van der Waals surface area contributed by atoms with Crippen LogP contribution in [0, 0.1) is 5.92 Å². The summed E-state index contributed by atoms with van der Waals surface area (Å²) in [4.78, 5) is 9.25. The van der Waals surface area contributed by atoms with Crippen LogP contribution in [-0.2, 0) is 9.53 Å². The first kappa shape index (κ1) is 13.3. The molecule has 0 bridgehead atoms. The summed E-state index contributed by atoms with van der Waals surface area (Å²) in [7, 11) is 0. The summed E-state index contributed by atoms with van der Waals surface area (Å²) >= 11 is 0. The van der Waals surface area contributed by atoms with Crippen molar-refractivity contribution in [3.8, 4) is 0 Å². The molecule has 1 N–H and O–H groups in total. The molecule has 0 saturated carbocycles. The van der Waals surface area contributed by atoms with Gasteiger partial charge in [0.15, 0.2) is 0 Å². The van der Waals surface area contributed by atoms with E-state index in [1.165, 1.54) is 6.26 Å². The minimum absolute atomic E-state index is 0.609. The number of carboxylic acids is 1. The Balaban J connectivity index is 0. The van der Waals surface area contributed by atoms with E-state index in [4.69, 9.17) is 9.84 Å². The number of carboxylic acid groups (broad SMARTS) is 1. The van der Waals surface area contributed by atoms with E-state index in [2.05, 4.69) is 27.0 Å². The lowest BCUT2D eigenvalue weighted by Crippen LogP contribution is -1.95. The largest absolute Gasteiger partial charge is 0.502 e. The fraction of sp³-hybridized carbons (Fsp3) is 0.444. The molecule has 0 amide bonds. The second-order valence-electron chi connectivity index (χ2n) is 2.44. The first-order valence-corrected chi connectivity index (χ1v) is 3.62. The molecule has 0 aromatic rings. The zero-order chi connectivity index (χ0) is 9.98. The Bertz CT molecular complexity index is 139. The fourth-order valence-corrected chi connectivity index (χ4v) is 0.260. The predicted octanol–water partition coefficient (Wildman–Crippen LogP) is 2.06. The monoisotopic (exact) mass is 172 g/mol. The highest BCUT2D eigenvalue weighted by molar-refractivity contribution is 5.78. The molecule has 0 fully saturated rings. The van der Waals surface area contributed by atoms with Crippen LogP contribution in [0.5, 0.6) is 0 Å². The van der Waals surface area contributed by atoms with E-state index >= 15 is 0 Å². The van der Waals surface area contributed by atoms with E-state index in [0.717, 1.165) is 12.7 Å². The fourth-order valence-electron chi connectivity index (χ4n) is 0.260. The lowest BCUT2D eigenvalue weighted by molar-refractivity contribution is -0.131. The summed E-state index contributed by atoms with van der Waals surface area (Å²) in [5.41, 5.74) is 0. The topological polar surface area (TPSA) is 46.5 Å². The lowest BCUT2D eigenvalue weighted by atomic mass is 10.2. The molecule has 0 aromatic heterocycles. The third-order valence-electron chi connectivity index (χ3n) is 0.722. The molecule has 0 aliphatic heterocycles. The minimum Gasteiger partial charge on any atom is -0.502 e. The Morgan fingerprint density at radius 3 is 2.08 bits per heavy atom. The van der Waals surface area contributed by atoms with Crippen LogP contribution in [0.2, 0.25) is 0 Å². The van der Waals surface area contributed by atoms with Crippen LogP contribution in [-0.4, -0.2) is 17.7 Å². The van der Waals surface area contributed by atoms with Crippen molar-refractivity contribution in [2.45, 2.75) is 13.8 Å². The van der Waals surface area contributed by atoms with Gasteiger partial charge in [-0.3, -0.25) is 0 Å². The SMILES string of the molecule is C=CC(=O)O.C=COCC(C)C. The summed E-state index contributed by atoms with van der Waals surface area (Å²) in [5, 5.41) is 7.60. The molecule has 3 heteroatoms. The zero-order valence-corrected chi connectivity index (χ0v) is 7.62. The van der Waals surface area contributed by atoms with Crippen molar-refractivity contribution in [2.24, 2.45) is 5.92 Å². The molecule has 0 atom stereocenters. The lowest BCUT2D eigenvalue weighted by Gasteiger charge is -2.00. The summed E-state index contributed by atoms with van der Waals surface area (Å²) in [6, 6.07) is 0. The molecule has 0 radical (unpaired) electrons. The molecule has 70 valence electrons. The minimum atomic E-state index is -0.981. The third kappa shape index (κ3) is 23.3. The molecule has 0 heterocycles. The molecule has 3 nitrogen and oxygen atoms in total. The number of hydrogen-bond donors (Lipinski definition) is 1. The summed E-state index contributed by atoms with van der Waals surface area (Å²) in [6.45, 7) is 11.4. The van der Waals surface area contributed by atoms with E-state index in [1.54, 1.807) is 0 Å². The summed E-state index contributed by atoms with van der Waals surface area (Å²) in [5.74, 6) is -0.372. The smallest absolute Gasteiger partial charge is 0.327 e. The molecule has 0 saturated heterocycles. The van der Waals surface area contributed by atoms with Gasteiger partial charge in [0.1, 0.15) is 0 Å². The Hall–Kier alpha value is -1.25. The molecule has 12 heavy (non-hydrogen) atoms. The van der Waals surface area contributed by atoms with Crippen LogP contribution in [0.15, 0.2) is 25.5 Å². The van der Waals surface area contributed by atoms with E-state index < -0.39 is 5.97 Å². The normalized spacial score (nSPS) is 7.92. The second-order valence-corrected chi connectivity index (χ2v) is 2.44. The van der Waals surface area contributed by atoms with Gasteiger partial charge in [-0.15, -0.1) is 0 Å². The second kappa shape index (κ2) is 9.75. The Labute approximate surface area is 73.4 Å². The molecule has 0 aromatic carbocycles. The van der Waals surface area contributed by atoms with Gasteiger partial charge in [0.05, 0.1) is 12.9 Å². The highest BCUT2D eigenvalue weighted by Gasteiger charge is 1.87. The Morgan fingerprint density at radius 2 is 2.00 bits per heavy atom. The van der Waals surface area contributed by atoms with Gasteiger partial charge < -0.3 is 9.84 Å². The van der Waals surface area contributed by atoms with Crippen LogP contribution in [0.4, 0.5) is 0 Å². The first-order valence-electron chi connectivity index (χ1n) is 3.62. The van der Waals surface area contributed by atoms with Crippen molar-refractivity contribution in [3.05, 3.63) is 25.5 Å². The molecule has 0 aliphatic carbocycles. The van der Waals surface area contributed by atoms with E-state index in [9.17, 15) is 4.79 Å². The Morgan fingerprint density at radius 1 is 1.58 bits per heavy atom. The van der Waals surface area contributed by atoms with Crippen molar-refractivity contribution in [3.63, 3.8) is 0 Å². The zero-order valence-electron chi connectivity index (χ0n) is 7.62. The molecule has 0 unspecified atom stereocenters. The quantitative estimate of drug-likeness (QED) is 0.521. The van der Waals surface area contributed by atoms with Crippen molar-refractivity contribution < 1.29 is 14.6 Å². The molecule has 0 aliphatic rings. The molecular weight excluding hydrogens is 156 g/mol. The first-order chi connectivity index (χ1) is 5.54. The van der Waals surface area contributed by atoms with E-state index in [1.807, 2.05) is 0 Å². The summed E-state index contributed by atoms with van der Waals surface area (Å²) in [6.07, 6.45) is 2.31. The third-order valence-corrected chi connectivity index (χ3v) is 0.722. The van der Waals surface area contributed by atoms with Crippen LogP contribution in [0.3, 0.4) is 0 Å². The van der Waals surface area contributed by atoms with Gasteiger partial charge >= 0.3 is 5.97 Å². The maximum atomic E-state index is 9.25. The molecule has 0 spiro atoms. The van der Waals surface area contributed by atoms with Gasteiger partial charge in [-0.25, -0.2) is 4.79 Å². The standard InChI is InChI=1S/C6H12O.C3H4O2/c1-4-7-5-6(2)3;1-2-3(4)5/h4,6H,1,5H2,2-3H3;2H,1H2,(H,4,5). The van der Waals surface area contributed by atoms with Crippen molar-refractivity contribution in [1.29, 1.82) is 0 Å². The highest BCUT2D eigenvalue weighted by Crippen LogP contribution is 1.90. The molecular formula is C9H16O3. The number of ether oxygens (including phenoxy) is 1. The van der Waals surface area contributed by atoms with Gasteiger partial charge in [0.25, 0.3) is 0 Å². The number of hydrogen-bond acceptors (Lipinski definition) is 2. The van der Waals surface area contributed by atoms with Gasteiger partial charge in [-0.2, -0.15) is 0 Å². The van der Waals surface area contributed by atoms with Gasteiger partial charge in [0, 0.05) is 6.08 Å². The van der Waals surface area contributed by atoms with E-state index in [-0.39, 0.29) is 0 Å². The van der Waals surface area contributed by atoms with Crippen LogP contribution < -0.4 is 0 Å². The predicted molar refractivity (Wildman–Crippen MR) is 48.8 cm³/mol. The maximum absolute atomic E-state index is 9.25. The van der Waals surface area contributed by atoms with Gasteiger partial charge in [-0.05, 0) is 5.92 Å².